The molecule has 0 spiro atoms. The van der Waals surface area contributed by atoms with E-state index in [1.807, 2.05) is 0 Å². The standard InChI is InChI=1S/C17H21FN2O4/c1-24-17(23)6-5-15(21)19-7-9-20(10-8-19)16(22)12-13-3-2-4-14(18)11-13/h2-4,11H,5-10,12H2,1H3. The molecule has 2 rings (SSSR count). The monoisotopic (exact) mass is 336 g/mol. The maximum absolute atomic E-state index is 13.2. The number of nitrogens with zero attached hydrogens (tertiary/aromatic N) is 2. The van der Waals surface area contributed by atoms with Crippen molar-refractivity contribution >= 4 is 17.8 Å². The lowest BCUT2D eigenvalue weighted by molar-refractivity contribution is -0.144. The molecule has 7 heteroatoms. The van der Waals surface area contributed by atoms with Crippen molar-refractivity contribution in [1.29, 1.82) is 0 Å². The summed E-state index contributed by atoms with van der Waals surface area (Å²) in [6.45, 7) is 1.76. The summed E-state index contributed by atoms with van der Waals surface area (Å²) in [4.78, 5) is 38.6. The van der Waals surface area contributed by atoms with Crippen molar-refractivity contribution in [3.8, 4) is 0 Å². The van der Waals surface area contributed by atoms with E-state index in [4.69, 9.17) is 0 Å². The Balaban J connectivity index is 1.78. The van der Waals surface area contributed by atoms with Crippen LogP contribution in [0.2, 0.25) is 0 Å². The molecule has 0 unspecified atom stereocenters. The van der Waals surface area contributed by atoms with Gasteiger partial charge in [0.25, 0.3) is 0 Å². The average molecular weight is 336 g/mol. The van der Waals surface area contributed by atoms with Crippen LogP contribution in [0.15, 0.2) is 24.3 Å². The highest BCUT2D eigenvalue weighted by Crippen LogP contribution is 2.10. The number of rotatable bonds is 5. The number of piperazine rings is 1. The maximum Gasteiger partial charge on any atom is 0.306 e. The average Bonchev–Trinajstić information content (AvgIpc) is 2.59. The summed E-state index contributed by atoms with van der Waals surface area (Å²) in [6, 6.07) is 5.99. The highest BCUT2D eigenvalue weighted by atomic mass is 19.1. The number of carbonyl (C=O) groups is 3. The molecule has 1 aliphatic rings. The van der Waals surface area contributed by atoms with Crippen LogP contribution in [0.25, 0.3) is 0 Å². The van der Waals surface area contributed by atoms with Crippen molar-refractivity contribution < 1.29 is 23.5 Å². The van der Waals surface area contributed by atoms with E-state index < -0.39 is 5.97 Å². The summed E-state index contributed by atoms with van der Waals surface area (Å²) >= 11 is 0. The lowest BCUT2D eigenvalue weighted by Crippen LogP contribution is -2.51. The van der Waals surface area contributed by atoms with Crippen LogP contribution < -0.4 is 0 Å². The van der Waals surface area contributed by atoms with Gasteiger partial charge in [-0.1, -0.05) is 12.1 Å². The largest absolute Gasteiger partial charge is 0.469 e. The third-order valence-electron chi connectivity index (χ3n) is 4.00. The molecule has 0 atom stereocenters. The second-order valence-corrected chi connectivity index (χ2v) is 5.64. The predicted octanol–water partition coefficient (Wildman–Crippen LogP) is 0.992. The fourth-order valence-corrected chi connectivity index (χ4v) is 2.61. The first kappa shape index (κ1) is 17.9. The van der Waals surface area contributed by atoms with Gasteiger partial charge in [-0.2, -0.15) is 0 Å². The van der Waals surface area contributed by atoms with E-state index in [1.165, 1.54) is 19.2 Å². The predicted molar refractivity (Wildman–Crippen MR) is 84.5 cm³/mol. The lowest BCUT2D eigenvalue weighted by Gasteiger charge is -2.35. The van der Waals surface area contributed by atoms with E-state index >= 15 is 0 Å². The first-order chi connectivity index (χ1) is 11.5. The number of ether oxygens (including phenoxy) is 1. The van der Waals surface area contributed by atoms with Gasteiger partial charge in [0.2, 0.25) is 11.8 Å². The van der Waals surface area contributed by atoms with Crippen LogP contribution in [-0.2, 0) is 25.5 Å². The van der Waals surface area contributed by atoms with Crippen molar-refractivity contribution in [3.05, 3.63) is 35.6 Å². The van der Waals surface area contributed by atoms with Gasteiger partial charge < -0.3 is 14.5 Å². The third-order valence-corrected chi connectivity index (χ3v) is 4.00. The molecule has 1 aromatic rings. The van der Waals surface area contributed by atoms with Gasteiger partial charge in [0.1, 0.15) is 5.82 Å². The van der Waals surface area contributed by atoms with Gasteiger partial charge in [-0.15, -0.1) is 0 Å². The molecule has 0 saturated carbocycles. The number of halogens is 1. The molecule has 1 heterocycles. The Morgan fingerprint density at radius 1 is 1.04 bits per heavy atom. The van der Waals surface area contributed by atoms with E-state index in [-0.39, 0.29) is 36.9 Å². The topological polar surface area (TPSA) is 66.9 Å². The molecule has 0 radical (unpaired) electrons. The summed E-state index contributed by atoms with van der Waals surface area (Å²) in [5, 5.41) is 0. The molecule has 0 bridgehead atoms. The smallest absolute Gasteiger partial charge is 0.306 e. The van der Waals surface area contributed by atoms with Crippen molar-refractivity contribution in [1.82, 2.24) is 9.80 Å². The van der Waals surface area contributed by atoms with Gasteiger partial charge in [0, 0.05) is 32.6 Å². The summed E-state index contributed by atoms with van der Waals surface area (Å²) in [7, 11) is 1.29. The summed E-state index contributed by atoms with van der Waals surface area (Å²) in [6.07, 6.45) is 0.325. The Morgan fingerprint density at radius 2 is 1.67 bits per heavy atom. The van der Waals surface area contributed by atoms with Crippen molar-refractivity contribution in [2.45, 2.75) is 19.3 Å². The van der Waals surface area contributed by atoms with Crippen LogP contribution in [0.3, 0.4) is 0 Å². The highest BCUT2D eigenvalue weighted by molar-refractivity contribution is 5.82. The van der Waals surface area contributed by atoms with E-state index in [1.54, 1.807) is 21.9 Å². The Bertz CT molecular complexity index is 612. The minimum Gasteiger partial charge on any atom is -0.469 e. The van der Waals surface area contributed by atoms with Gasteiger partial charge in [-0.05, 0) is 17.7 Å². The minimum absolute atomic E-state index is 0.0635. The quantitative estimate of drug-likeness (QED) is 0.752. The maximum atomic E-state index is 13.2. The number of methoxy groups -OCH3 is 1. The number of hydrogen-bond donors (Lipinski definition) is 0. The zero-order valence-corrected chi connectivity index (χ0v) is 13.7. The fourth-order valence-electron chi connectivity index (χ4n) is 2.61. The van der Waals surface area contributed by atoms with Crippen LogP contribution in [0.1, 0.15) is 18.4 Å². The molecule has 130 valence electrons. The molecule has 0 N–H and O–H groups in total. The van der Waals surface area contributed by atoms with Crippen LogP contribution in [0, 0.1) is 5.82 Å². The first-order valence-electron chi connectivity index (χ1n) is 7.86. The van der Waals surface area contributed by atoms with Gasteiger partial charge in [-0.3, -0.25) is 14.4 Å². The van der Waals surface area contributed by atoms with Gasteiger partial charge >= 0.3 is 5.97 Å². The number of esters is 1. The van der Waals surface area contributed by atoms with Crippen LogP contribution in [0.5, 0.6) is 0 Å². The Hall–Kier alpha value is -2.44. The van der Waals surface area contributed by atoms with Crippen LogP contribution in [0.4, 0.5) is 4.39 Å². The summed E-state index contributed by atoms with van der Waals surface area (Å²) in [5.41, 5.74) is 0.636. The summed E-state index contributed by atoms with van der Waals surface area (Å²) in [5.74, 6) is -0.964. The second kappa shape index (κ2) is 8.42. The van der Waals surface area contributed by atoms with E-state index in [0.29, 0.717) is 31.7 Å². The molecule has 6 nitrogen and oxygen atoms in total. The minimum atomic E-state index is -0.410. The van der Waals surface area contributed by atoms with Gasteiger partial charge in [-0.25, -0.2) is 4.39 Å². The molecular formula is C17H21FN2O4. The Kier molecular flexibility index (Phi) is 6.28. The second-order valence-electron chi connectivity index (χ2n) is 5.64. The normalized spacial score (nSPS) is 14.4. The molecular weight excluding hydrogens is 315 g/mol. The van der Waals surface area contributed by atoms with Crippen molar-refractivity contribution in [2.75, 3.05) is 33.3 Å². The van der Waals surface area contributed by atoms with Crippen LogP contribution >= 0.6 is 0 Å². The van der Waals surface area contributed by atoms with E-state index in [0.717, 1.165) is 0 Å². The van der Waals surface area contributed by atoms with Crippen molar-refractivity contribution in [3.63, 3.8) is 0 Å². The van der Waals surface area contributed by atoms with Crippen molar-refractivity contribution in [2.24, 2.45) is 0 Å². The molecule has 1 aliphatic heterocycles. The number of carbonyl (C=O) groups excluding carboxylic acids is 3. The lowest BCUT2D eigenvalue weighted by atomic mass is 10.1. The molecule has 1 saturated heterocycles. The number of amides is 2. The molecule has 0 aromatic heterocycles. The van der Waals surface area contributed by atoms with E-state index in [9.17, 15) is 18.8 Å². The molecule has 1 aromatic carbocycles. The number of hydrogen-bond acceptors (Lipinski definition) is 4. The first-order valence-corrected chi connectivity index (χ1v) is 7.86. The fraction of sp³-hybridized carbons (Fsp3) is 0.471. The molecule has 0 aliphatic carbocycles. The number of benzene rings is 1. The SMILES string of the molecule is COC(=O)CCC(=O)N1CCN(C(=O)Cc2cccc(F)c2)CC1. The summed E-state index contributed by atoms with van der Waals surface area (Å²) < 4.78 is 17.7. The van der Waals surface area contributed by atoms with E-state index in [2.05, 4.69) is 4.74 Å². The zero-order chi connectivity index (χ0) is 17.5. The Morgan fingerprint density at radius 3 is 2.25 bits per heavy atom. The highest BCUT2D eigenvalue weighted by Gasteiger charge is 2.24. The molecule has 2 amide bonds. The van der Waals surface area contributed by atoms with Gasteiger partial charge in [0.05, 0.1) is 20.0 Å². The molecule has 24 heavy (non-hydrogen) atoms. The van der Waals surface area contributed by atoms with Crippen LogP contribution in [-0.4, -0.2) is 60.9 Å². The molecule has 1 fully saturated rings. The third kappa shape index (κ3) is 5.04. The Labute approximate surface area is 140 Å². The zero-order valence-electron chi connectivity index (χ0n) is 13.7. The van der Waals surface area contributed by atoms with Gasteiger partial charge in [0.15, 0.2) is 0 Å².